The molecular weight excluding hydrogens is 196 g/mol. The predicted octanol–water partition coefficient (Wildman–Crippen LogP) is 2.35. The zero-order chi connectivity index (χ0) is 8.55. The molecule has 0 bridgehead atoms. The second-order valence-corrected chi connectivity index (χ2v) is 3.42. The molecule has 5 heteroatoms. The van der Waals surface area contributed by atoms with Crippen molar-refractivity contribution in [1.29, 1.82) is 0 Å². The normalized spacial score (nSPS) is 10.5. The van der Waals surface area contributed by atoms with Gasteiger partial charge in [0.1, 0.15) is 11.3 Å². The highest BCUT2D eigenvalue weighted by molar-refractivity contribution is 7.13. The van der Waals surface area contributed by atoms with Gasteiger partial charge in [-0.1, -0.05) is 16.1 Å². The Morgan fingerprint density at radius 3 is 3.08 bits per heavy atom. The molecule has 0 unspecified atom stereocenters. The summed E-state index contributed by atoms with van der Waals surface area (Å²) in [6.45, 7) is 0. The molecule has 0 aliphatic carbocycles. The Bertz CT molecular complexity index is 415. The van der Waals surface area contributed by atoms with Crippen LogP contribution in [0.25, 0.3) is 10.2 Å². The number of hydrogen-bond donors (Lipinski definition) is 0. The minimum Gasteiger partial charge on any atom is -0.495 e. The second kappa shape index (κ2) is 2.88. The Hall–Kier alpha value is -0.870. The van der Waals surface area contributed by atoms with Gasteiger partial charge in [0.15, 0.2) is 0 Å². The first-order valence-electron chi connectivity index (χ1n) is 3.27. The van der Waals surface area contributed by atoms with E-state index in [9.17, 15) is 0 Å². The SMILES string of the molecule is COc1cc2nnsc2cc1Cl. The molecule has 1 aromatic carbocycles. The maximum Gasteiger partial charge on any atom is 0.139 e. The number of hydrogen-bond acceptors (Lipinski definition) is 4. The zero-order valence-corrected chi connectivity index (χ0v) is 7.82. The first kappa shape index (κ1) is 7.76. The lowest BCUT2D eigenvalue weighted by molar-refractivity contribution is 0.415. The number of halogens is 1. The van der Waals surface area contributed by atoms with E-state index in [2.05, 4.69) is 9.59 Å². The summed E-state index contributed by atoms with van der Waals surface area (Å²) in [5.74, 6) is 0.636. The van der Waals surface area contributed by atoms with Crippen molar-refractivity contribution in [3.63, 3.8) is 0 Å². The van der Waals surface area contributed by atoms with Crippen molar-refractivity contribution in [2.45, 2.75) is 0 Å². The van der Waals surface area contributed by atoms with E-state index in [1.807, 2.05) is 0 Å². The summed E-state index contributed by atoms with van der Waals surface area (Å²) in [6, 6.07) is 3.58. The molecule has 1 aromatic heterocycles. The quantitative estimate of drug-likeness (QED) is 0.709. The van der Waals surface area contributed by atoms with Crippen molar-refractivity contribution in [2.75, 3.05) is 7.11 Å². The van der Waals surface area contributed by atoms with Gasteiger partial charge in [0.05, 0.1) is 16.8 Å². The summed E-state index contributed by atoms with van der Waals surface area (Å²) >= 11 is 7.21. The van der Waals surface area contributed by atoms with Crippen LogP contribution in [0.5, 0.6) is 5.75 Å². The number of methoxy groups -OCH3 is 1. The molecule has 0 amide bonds. The number of ether oxygens (including phenoxy) is 1. The van der Waals surface area contributed by atoms with Crippen LogP contribution >= 0.6 is 23.1 Å². The Kier molecular flexibility index (Phi) is 1.86. The van der Waals surface area contributed by atoms with Gasteiger partial charge >= 0.3 is 0 Å². The molecule has 12 heavy (non-hydrogen) atoms. The summed E-state index contributed by atoms with van der Waals surface area (Å²) in [5, 5.41) is 4.49. The van der Waals surface area contributed by atoms with E-state index in [4.69, 9.17) is 16.3 Å². The molecule has 0 saturated carbocycles. The molecule has 0 fully saturated rings. The van der Waals surface area contributed by atoms with Gasteiger partial charge in [-0.2, -0.15) is 0 Å². The first-order chi connectivity index (χ1) is 5.81. The van der Waals surface area contributed by atoms with Gasteiger partial charge in [-0.25, -0.2) is 0 Å². The lowest BCUT2D eigenvalue weighted by Gasteiger charge is -2.00. The van der Waals surface area contributed by atoms with Crippen LogP contribution in [-0.4, -0.2) is 16.7 Å². The van der Waals surface area contributed by atoms with Gasteiger partial charge in [0, 0.05) is 6.07 Å². The van der Waals surface area contributed by atoms with Gasteiger partial charge in [-0.3, -0.25) is 0 Å². The van der Waals surface area contributed by atoms with Crippen molar-refractivity contribution in [2.24, 2.45) is 0 Å². The van der Waals surface area contributed by atoms with Crippen LogP contribution in [0.4, 0.5) is 0 Å². The Morgan fingerprint density at radius 2 is 2.33 bits per heavy atom. The number of nitrogens with zero attached hydrogens (tertiary/aromatic N) is 2. The molecule has 2 rings (SSSR count). The highest BCUT2D eigenvalue weighted by Crippen LogP contribution is 2.29. The predicted molar refractivity (Wildman–Crippen MR) is 49.0 cm³/mol. The van der Waals surface area contributed by atoms with Crippen molar-refractivity contribution < 1.29 is 4.74 Å². The summed E-state index contributed by atoms with van der Waals surface area (Å²) < 4.78 is 9.80. The highest BCUT2D eigenvalue weighted by Gasteiger charge is 2.05. The minimum atomic E-state index is 0.594. The highest BCUT2D eigenvalue weighted by atomic mass is 35.5. The maximum absolute atomic E-state index is 5.89. The number of aromatic nitrogens is 2. The number of fused-ring (bicyclic) bond motifs is 1. The van der Waals surface area contributed by atoms with E-state index in [1.54, 1.807) is 19.2 Å². The summed E-state index contributed by atoms with van der Waals surface area (Å²) in [7, 11) is 1.58. The van der Waals surface area contributed by atoms with Crippen LogP contribution in [0.2, 0.25) is 5.02 Å². The van der Waals surface area contributed by atoms with E-state index in [0.29, 0.717) is 10.8 Å². The Balaban J connectivity index is 2.73. The second-order valence-electron chi connectivity index (χ2n) is 2.23. The summed E-state index contributed by atoms with van der Waals surface area (Å²) in [5.41, 5.74) is 0.821. The van der Waals surface area contributed by atoms with Crippen LogP contribution in [0, 0.1) is 0 Å². The fraction of sp³-hybridized carbons (Fsp3) is 0.143. The van der Waals surface area contributed by atoms with E-state index in [0.717, 1.165) is 10.2 Å². The van der Waals surface area contributed by atoms with Gasteiger partial charge in [0.25, 0.3) is 0 Å². The van der Waals surface area contributed by atoms with E-state index in [1.165, 1.54) is 11.5 Å². The van der Waals surface area contributed by atoms with Gasteiger partial charge < -0.3 is 4.74 Å². The van der Waals surface area contributed by atoms with Gasteiger partial charge in [-0.05, 0) is 17.6 Å². The van der Waals surface area contributed by atoms with E-state index >= 15 is 0 Å². The molecule has 2 aromatic rings. The molecule has 3 nitrogen and oxygen atoms in total. The fourth-order valence-electron chi connectivity index (χ4n) is 0.940. The molecule has 0 atom stereocenters. The molecule has 0 aliphatic rings. The number of benzene rings is 1. The molecule has 62 valence electrons. The average molecular weight is 201 g/mol. The van der Waals surface area contributed by atoms with Crippen LogP contribution in [0.1, 0.15) is 0 Å². The van der Waals surface area contributed by atoms with E-state index in [-0.39, 0.29) is 0 Å². The largest absolute Gasteiger partial charge is 0.495 e. The third-order valence-corrected chi connectivity index (χ3v) is 2.50. The van der Waals surface area contributed by atoms with Gasteiger partial charge in [0.2, 0.25) is 0 Å². The molecular formula is C7H5ClN2OS. The van der Waals surface area contributed by atoms with Crippen LogP contribution in [0.15, 0.2) is 12.1 Å². The maximum atomic E-state index is 5.89. The fourth-order valence-corrected chi connectivity index (χ4v) is 1.83. The molecule has 0 N–H and O–H groups in total. The first-order valence-corrected chi connectivity index (χ1v) is 4.42. The van der Waals surface area contributed by atoms with Crippen molar-refractivity contribution in [3.8, 4) is 5.75 Å². The third kappa shape index (κ3) is 1.13. The summed E-state index contributed by atoms with van der Waals surface area (Å²) in [4.78, 5) is 0. The topological polar surface area (TPSA) is 35.0 Å². The van der Waals surface area contributed by atoms with Crippen molar-refractivity contribution >= 4 is 33.4 Å². The Labute approximate surface area is 78.1 Å². The molecule has 0 spiro atoms. The molecule has 0 saturated heterocycles. The zero-order valence-electron chi connectivity index (χ0n) is 6.24. The lowest BCUT2D eigenvalue weighted by atomic mass is 10.3. The minimum absolute atomic E-state index is 0.594. The summed E-state index contributed by atoms with van der Waals surface area (Å²) in [6.07, 6.45) is 0. The van der Waals surface area contributed by atoms with Gasteiger partial charge in [-0.15, -0.1) is 5.10 Å². The lowest BCUT2D eigenvalue weighted by Crippen LogP contribution is -1.83. The molecule has 1 heterocycles. The Morgan fingerprint density at radius 1 is 1.50 bits per heavy atom. The molecule has 0 radical (unpaired) electrons. The third-order valence-electron chi connectivity index (χ3n) is 1.52. The van der Waals surface area contributed by atoms with Crippen LogP contribution in [0.3, 0.4) is 0 Å². The van der Waals surface area contributed by atoms with Crippen molar-refractivity contribution in [1.82, 2.24) is 9.59 Å². The van der Waals surface area contributed by atoms with Crippen LogP contribution < -0.4 is 4.74 Å². The monoisotopic (exact) mass is 200 g/mol. The van der Waals surface area contributed by atoms with E-state index < -0.39 is 0 Å². The standard InChI is InChI=1S/C7H5ClN2OS/c1-11-6-3-5-7(2-4(6)8)12-10-9-5/h2-3H,1H3. The molecule has 0 aliphatic heterocycles. The van der Waals surface area contributed by atoms with Crippen LogP contribution in [-0.2, 0) is 0 Å². The average Bonchev–Trinajstić information content (AvgIpc) is 2.49. The smallest absolute Gasteiger partial charge is 0.139 e. The number of rotatable bonds is 1. The van der Waals surface area contributed by atoms with Crippen molar-refractivity contribution in [3.05, 3.63) is 17.2 Å².